The molecule has 0 unspecified atom stereocenters. The number of esters is 1. The molecule has 28 heavy (non-hydrogen) atoms. The number of aromatic nitrogens is 1. The molecule has 0 aliphatic heterocycles. The lowest BCUT2D eigenvalue weighted by Gasteiger charge is -2.09. The zero-order valence-electron chi connectivity index (χ0n) is 15.1. The van der Waals surface area contributed by atoms with Gasteiger partial charge < -0.3 is 15.4 Å². The minimum Gasteiger partial charge on any atom is -0.465 e. The number of carbonyl (C=O) groups is 2. The van der Waals surface area contributed by atoms with Crippen LogP contribution in [0.2, 0.25) is 0 Å². The number of rotatable bonds is 6. The molecule has 6 nitrogen and oxygen atoms in total. The van der Waals surface area contributed by atoms with E-state index >= 15 is 0 Å². The van der Waals surface area contributed by atoms with Gasteiger partial charge in [-0.2, -0.15) is 0 Å². The second kappa shape index (κ2) is 8.77. The van der Waals surface area contributed by atoms with E-state index in [1.54, 1.807) is 60.8 Å². The summed E-state index contributed by atoms with van der Waals surface area (Å²) in [6.45, 7) is 0. The highest BCUT2D eigenvalue weighted by Crippen LogP contribution is 2.19. The molecule has 0 aliphatic carbocycles. The first-order valence-electron chi connectivity index (χ1n) is 8.50. The molecular formula is C21H18FN3O3. The molecule has 0 bridgehead atoms. The summed E-state index contributed by atoms with van der Waals surface area (Å²) in [5, 5.41) is 5.75. The highest BCUT2D eigenvalue weighted by Gasteiger charge is 2.09. The Morgan fingerprint density at radius 3 is 2.57 bits per heavy atom. The number of ether oxygens (including phenoxy) is 1. The van der Waals surface area contributed by atoms with Gasteiger partial charge in [-0.05, 0) is 42.0 Å². The Kier molecular flexibility index (Phi) is 5.96. The lowest BCUT2D eigenvalue weighted by Crippen LogP contribution is -2.16. The summed E-state index contributed by atoms with van der Waals surface area (Å²) >= 11 is 0. The molecule has 2 N–H and O–H groups in total. The van der Waals surface area contributed by atoms with Gasteiger partial charge in [0, 0.05) is 5.69 Å². The van der Waals surface area contributed by atoms with Crippen LogP contribution in [0.3, 0.4) is 0 Å². The second-order valence-electron chi connectivity index (χ2n) is 5.95. The second-order valence-corrected chi connectivity index (χ2v) is 5.95. The fourth-order valence-electron chi connectivity index (χ4n) is 2.55. The maximum atomic E-state index is 13.6. The van der Waals surface area contributed by atoms with Crippen LogP contribution in [0.4, 0.5) is 21.6 Å². The third-order valence-corrected chi connectivity index (χ3v) is 3.91. The average Bonchev–Trinajstić information content (AvgIpc) is 2.71. The normalized spacial score (nSPS) is 10.2. The van der Waals surface area contributed by atoms with Gasteiger partial charge in [-0.1, -0.05) is 24.3 Å². The topological polar surface area (TPSA) is 80.3 Å². The number of amides is 1. The van der Waals surface area contributed by atoms with E-state index in [1.807, 2.05) is 0 Å². The molecule has 7 heteroatoms. The van der Waals surface area contributed by atoms with Crippen LogP contribution >= 0.6 is 0 Å². The van der Waals surface area contributed by atoms with Gasteiger partial charge in [0.2, 0.25) is 5.91 Å². The maximum Gasteiger partial charge on any atom is 0.337 e. The monoisotopic (exact) mass is 379 g/mol. The van der Waals surface area contributed by atoms with Crippen molar-refractivity contribution in [3.8, 4) is 0 Å². The molecule has 0 saturated carbocycles. The number of nitrogens with zero attached hydrogens (tertiary/aromatic N) is 1. The molecule has 1 aromatic heterocycles. The molecule has 0 atom stereocenters. The first-order chi connectivity index (χ1) is 13.5. The Morgan fingerprint density at radius 2 is 1.86 bits per heavy atom. The summed E-state index contributed by atoms with van der Waals surface area (Å²) in [7, 11) is 1.32. The van der Waals surface area contributed by atoms with Gasteiger partial charge in [0.1, 0.15) is 11.6 Å². The maximum absolute atomic E-state index is 13.6. The van der Waals surface area contributed by atoms with E-state index in [9.17, 15) is 14.0 Å². The number of pyridine rings is 1. The van der Waals surface area contributed by atoms with Gasteiger partial charge in [-0.15, -0.1) is 0 Å². The van der Waals surface area contributed by atoms with E-state index in [1.165, 1.54) is 13.2 Å². The van der Waals surface area contributed by atoms with E-state index in [4.69, 9.17) is 4.74 Å². The third-order valence-electron chi connectivity index (χ3n) is 3.91. The first-order valence-corrected chi connectivity index (χ1v) is 8.50. The Labute approximate surface area is 161 Å². The predicted octanol–water partition coefficient (Wildman–Crippen LogP) is 3.93. The predicted molar refractivity (Wildman–Crippen MR) is 104 cm³/mol. The van der Waals surface area contributed by atoms with Crippen LogP contribution < -0.4 is 10.6 Å². The van der Waals surface area contributed by atoms with E-state index in [0.717, 1.165) is 0 Å². The number of hydrogen-bond acceptors (Lipinski definition) is 5. The van der Waals surface area contributed by atoms with Crippen LogP contribution in [0.15, 0.2) is 66.9 Å². The first kappa shape index (κ1) is 19.0. The quantitative estimate of drug-likeness (QED) is 0.635. The molecule has 1 amide bonds. The SMILES string of the molecule is COC(=O)c1cccc(Nc2ccc(NC(=O)Cc3ccccc3F)nc2)c1. The highest BCUT2D eigenvalue weighted by atomic mass is 19.1. The van der Waals surface area contributed by atoms with Crippen molar-refractivity contribution in [1.82, 2.24) is 4.98 Å². The molecule has 0 fully saturated rings. The molecule has 3 aromatic rings. The number of halogens is 1. The number of benzene rings is 2. The largest absolute Gasteiger partial charge is 0.465 e. The molecule has 2 aromatic carbocycles. The van der Waals surface area contributed by atoms with Crippen molar-refractivity contribution in [2.75, 3.05) is 17.7 Å². The number of carbonyl (C=O) groups excluding carboxylic acids is 2. The van der Waals surface area contributed by atoms with Crippen LogP contribution in [-0.2, 0) is 16.0 Å². The van der Waals surface area contributed by atoms with Gasteiger partial charge in [-0.25, -0.2) is 14.2 Å². The minimum absolute atomic E-state index is 0.0747. The fourth-order valence-corrected chi connectivity index (χ4v) is 2.55. The van der Waals surface area contributed by atoms with Gasteiger partial charge in [-0.3, -0.25) is 4.79 Å². The third kappa shape index (κ3) is 4.91. The van der Waals surface area contributed by atoms with Crippen molar-refractivity contribution < 1.29 is 18.7 Å². The molecular weight excluding hydrogens is 361 g/mol. The van der Waals surface area contributed by atoms with Crippen LogP contribution in [0.5, 0.6) is 0 Å². The summed E-state index contributed by atoms with van der Waals surface area (Å²) in [6.07, 6.45) is 1.47. The lowest BCUT2D eigenvalue weighted by molar-refractivity contribution is -0.115. The summed E-state index contributed by atoms with van der Waals surface area (Å²) < 4.78 is 18.3. The van der Waals surface area contributed by atoms with Crippen molar-refractivity contribution in [2.24, 2.45) is 0 Å². The smallest absolute Gasteiger partial charge is 0.337 e. The summed E-state index contributed by atoms with van der Waals surface area (Å²) in [5.41, 5.74) is 2.12. The standard InChI is InChI=1S/C21H18FN3O3/c1-28-21(27)15-6-4-7-16(11-15)24-17-9-10-19(23-13-17)25-20(26)12-14-5-2-3-8-18(14)22/h2-11,13,24H,12H2,1H3,(H,23,25,26). The molecule has 1 heterocycles. The molecule has 0 spiro atoms. The summed E-state index contributed by atoms with van der Waals surface area (Å²) in [4.78, 5) is 27.8. The summed E-state index contributed by atoms with van der Waals surface area (Å²) in [5.74, 6) is -0.840. The Morgan fingerprint density at radius 1 is 1.04 bits per heavy atom. The van der Waals surface area contributed by atoms with Gasteiger partial charge >= 0.3 is 5.97 Å². The lowest BCUT2D eigenvalue weighted by atomic mass is 10.1. The van der Waals surface area contributed by atoms with E-state index in [-0.39, 0.29) is 12.3 Å². The molecule has 3 rings (SSSR count). The molecule has 0 aliphatic rings. The van der Waals surface area contributed by atoms with Crippen molar-refractivity contribution in [3.63, 3.8) is 0 Å². The zero-order chi connectivity index (χ0) is 19.9. The van der Waals surface area contributed by atoms with Crippen molar-refractivity contribution in [3.05, 3.63) is 83.8 Å². The van der Waals surface area contributed by atoms with Gasteiger partial charge in [0.25, 0.3) is 0 Å². The number of hydrogen-bond donors (Lipinski definition) is 2. The molecule has 0 saturated heterocycles. The van der Waals surface area contributed by atoms with Gasteiger partial charge in [0.15, 0.2) is 0 Å². The van der Waals surface area contributed by atoms with Crippen LogP contribution in [-0.4, -0.2) is 24.0 Å². The van der Waals surface area contributed by atoms with E-state index < -0.39 is 11.8 Å². The van der Waals surface area contributed by atoms with Crippen molar-refractivity contribution in [1.29, 1.82) is 0 Å². The van der Waals surface area contributed by atoms with Crippen LogP contribution in [0.1, 0.15) is 15.9 Å². The Bertz CT molecular complexity index is 990. The Hall–Kier alpha value is -3.74. The van der Waals surface area contributed by atoms with Crippen LogP contribution in [0, 0.1) is 5.82 Å². The van der Waals surface area contributed by atoms with E-state index in [2.05, 4.69) is 15.6 Å². The average molecular weight is 379 g/mol. The van der Waals surface area contributed by atoms with Crippen molar-refractivity contribution in [2.45, 2.75) is 6.42 Å². The highest BCUT2D eigenvalue weighted by molar-refractivity contribution is 5.92. The van der Waals surface area contributed by atoms with Gasteiger partial charge in [0.05, 0.1) is 31.0 Å². The summed E-state index contributed by atoms with van der Waals surface area (Å²) in [6, 6.07) is 16.4. The van der Waals surface area contributed by atoms with E-state index in [0.29, 0.717) is 28.3 Å². The zero-order valence-corrected chi connectivity index (χ0v) is 15.1. The molecule has 142 valence electrons. The van der Waals surface area contributed by atoms with Crippen LogP contribution in [0.25, 0.3) is 0 Å². The molecule has 0 radical (unpaired) electrons. The number of anilines is 3. The fraction of sp³-hybridized carbons (Fsp3) is 0.0952. The minimum atomic E-state index is -0.422. The van der Waals surface area contributed by atoms with Crippen molar-refractivity contribution >= 4 is 29.1 Å². The Balaban J connectivity index is 1.61. The number of nitrogens with one attached hydrogen (secondary N) is 2. The number of methoxy groups -OCH3 is 1.